The SMILES string of the molecule is CCCCc1ccc(NC2CCOC3(CCCC3)C2)cc1. The predicted octanol–water partition coefficient (Wildman–Crippen LogP) is 4.93. The van der Waals surface area contributed by atoms with E-state index in [0.29, 0.717) is 6.04 Å². The summed E-state index contributed by atoms with van der Waals surface area (Å²) in [6.45, 7) is 3.17. The number of nitrogens with one attached hydrogen (secondary N) is 1. The van der Waals surface area contributed by atoms with Crippen LogP contribution in [0.15, 0.2) is 24.3 Å². The fraction of sp³-hybridized carbons (Fsp3) is 0.684. The van der Waals surface area contributed by atoms with Gasteiger partial charge in [-0.1, -0.05) is 38.3 Å². The number of hydrogen-bond donors (Lipinski definition) is 1. The maximum absolute atomic E-state index is 6.12. The van der Waals surface area contributed by atoms with E-state index in [1.807, 2.05) is 0 Å². The van der Waals surface area contributed by atoms with E-state index >= 15 is 0 Å². The zero-order valence-corrected chi connectivity index (χ0v) is 13.4. The first-order valence-corrected chi connectivity index (χ1v) is 8.79. The first kappa shape index (κ1) is 14.9. The van der Waals surface area contributed by atoms with Gasteiger partial charge in [0.2, 0.25) is 0 Å². The molecule has 21 heavy (non-hydrogen) atoms. The Kier molecular flexibility index (Phi) is 4.84. The van der Waals surface area contributed by atoms with Gasteiger partial charge in [-0.05, 0) is 56.2 Å². The number of aryl methyl sites for hydroxylation is 1. The first-order valence-electron chi connectivity index (χ1n) is 8.79. The van der Waals surface area contributed by atoms with Crippen LogP contribution in [0.1, 0.15) is 63.9 Å². The van der Waals surface area contributed by atoms with Crippen molar-refractivity contribution in [1.82, 2.24) is 0 Å². The fourth-order valence-corrected chi connectivity index (χ4v) is 3.90. The molecule has 1 saturated carbocycles. The minimum atomic E-state index is 0.205. The Morgan fingerprint density at radius 1 is 1.19 bits per heavy atom. The van der Waals surface area contributed by atoms with Gasteiger partial charge in [0.15, 0.2) is 0 Å². The van der Waals surface area contributed by atoms with Gasteiger partial charge in [0.1, 0.15) is 0 Å². The molecule has 2 heteroatoms. The van der Waals surface area contributed by atoms with Crippen molar-refractivity contribution in [3.63, 3.8) is 0 Å². The lowest BCUT2D eigenvalue weighted by molar-refractivity contribution is -0.0767. The minimum absolute atomic E-state index is 0.205. The van der Waals surface area contributed by atoms with Crippen LogP contribution in [0.2, 0.25) is 0 Å². The molecule has 1 saturated heterocycles. The average molecular weight is 287 g/mol. The predicted molar refractivity (Wildman–Crippen MR) is 88.8 cm³/mol. The summed E-state index contributed by atoms with van der Waals surface area (Å²) in [6, 6.07) is 9.65. The molecule has 1 N–H and O–H groups in total. The summed E-state index contributed by atoms with van der Waals surface area (Å²) in [6.07, 6.45) is 11.3. The second-order valence-electron chi connectivity index (χ2n) is 6.87. The zero-order valence-electron chi connectivity index (χ0n) is 13.4. The van der Waals surface area contributed by atoms with Crippen molar-refractivity contribution in [2.75, 3.05) is 11.9 Å². The lowest BCUT2D eigenvalue weighted by atomic mass is 9.89. The van der Waals surface area contributed by atoms with Gasteiger partial charge < -0.3 is 10.1 Å². The maximum atomic E-state index is 6.12. The molecule has 1 aromatic carbocycles. The van der Waals surface area contributed by atoms with E-state index in [-0.39, 0.29) is 5.60 Å². The van der Waals surface area contributed by atoms with E-state index in [1.165, 1.54) is 62.6 Å². The van der Waals surface area contributed by atoms with E-state index in [0.717, 1.165) is 13.0 Å². The Morgan fingerprint density at radius 2 is 1.95 bits per heavy atom. The summed E-state index contributed by atoms with van der Waals surface area (Å²) in [7, 11) is 0. The molecule has 116 valence electrons. The second kappa shape index (κ2) is 6.83. The van der Waals surface area contributed by atoms with Crippen molar-refractivity contribution in [3.05, 3.63) is 29.8 Å². The molecule has 1 spiro atoms. The molecule has 2 nitrogen and oxygen atoms in total. The summed E-state index contributed by atoms with van der Waals surface area (Å²) < 4.78 is 6.12. The third-order valence-electron chi connectivity index (χ3n) is 5.15. The monoisotopic (exact) mass is 287 g/mol. The fourth-order valence-electron chi connectivity index (χ4n) is 3.90. The van der Waals surface area contributed by atoms with Crippen molar-refractivity contribution in [1.29, 1.82) is 0 Å². The molecule has 0 bridgehead atoms. The number of benzene rings is 1. The van der Waals surface area contributed by atoms with Crippen LogP contribution in [0, 0.1) is 0 Å². The first-order chi connectivity index (χ1) is 10.3. The maximum Gasteiger partial charge on any atom is 0.0702 e. The number of hydrogen-bond acceptors (Lipinski definition) is 2. The Labute approximate surface area is 129 Å². The van der Waals surface area contributed by atoms with Crippen LogP contribution in [-0.2, 0) is 11.2 Å². The van der Waals surface area contributed by atoms with Gasteiger partial charge in [0.05, 0.1) is 5.60 Å². The van der Waals surface area contributed by atoms with E-state index < -0.39 is 0 Å². The van der Waals surface area contributed by atoms with Crippen LogP contribution < -0.4 is 5.32 Å². The van der Waals surface area contributed by atoms with E-state index in [1.54, 1.807) is 0 Å². The average Bonchev–Trinajstić information content (AvgIpc) is 2.94. The molecule has 0 aromatic heterocycles. The number of unbranched alkanes of at least 4 members (excludes halogenated alkanes) is 1. The standard InChI is InChI=1S/C19H29NO/c1-2-3-6-16-7-9-17(10-8-16)20-18-11-14-21-19(15-18)12-4-5-13-19/h7-10,18,20H,2-6,11-15H2,1H3. The Morgan fingerprint density at radius 3 is 2.67 bits per heavy atom. The second-order valence-corrected chi connectivity index (χ2v) is 6.87. The molecule has 2 aliphatic rings. The minimum Gasteiger partial charge on any atom is -0.382 e. The van der Waals surface area contributed by atoms with Gasteiger partial charge in [-0.25, -0.2) is 0 Å². The molecule has 2 fully saturated rings. The summed E-state index contributed by atoms with van der Waals surface area (Å²) in [5.74, 6) is 0. The lowest BCUT2D eigenvalue weighted by Crippen LogP contribution is -2.42. The van der Waals surface area contributed by atoms with Gasteiger partial charge in [0, 0.05) is 18.3 Å². The van der Waals surface area contributed by atoms with E-state index in [9.17, 15) is 0 Å². The number of anilines is 1. The molecule has 0 amide bonds. The lowest BCUT2D eigenvalue weighted by Gasteiger charge is -2.39. The Hall–Kier alpha value is -1.02. The van der Waals surface area contributed by atoms with Crippen molar-refractivity contribution >= 4 is 5.69 Å². The van der Waals surface area contributed by atoms with Crippen LogP contribution in [0.5, 0.6) is 0 Å². The smallest absolute Gasteiger partial charge is 0.0702 e. The van der Waals surface area contributed by atoms with Gasteiger partial charge in [0.25, 0.3) is 0 Å². The molecular weight excluding hydrogens is 258 g/mol. The summed E-state index contributed by atoms with van der Waals surface area (Å²) in [5.41, 5.74) is 2.94. The quantitative estimate of drug-likeness (QED) is 0.829. The van der Waals surface area contributed by atoms with E-state index in [2.05, 4.69) is 36.5 Å². The van der Waals surface area contributed by atoms with Crippen LogP contribution in [-0.4, -0.2) is 18.2 Å². The molecule has 1 aromatic rings. The van der Waals surface area contributed by atoms with E-state index in [4.69, 9.17) is 4.74 Å². The third kappa shape index (κ3) is 3.79. The highest BCUT2D eigenvalue weighted by Gasteiger charge is 2.39. The summed E-state index contributed by atoms with van der Waals surface area (Å²) in [5, 5.41) is 3.74. The largest absolute Gasteiger partial charge is 0.382 e. The summed E-state index contributed by atoms with van der Waals surface area (Å²) >= 11 is 0. The number of rotatable bonds is 5. The van der Waals surface area contributed by atoms with Crippen LogP contribution in [0.4, 0.5) is 5.69 Å². The van der Waals surface area contributed by atoms with Crippen LogP contribution in [0.3, 0.4) is 0 Å². The van der Waals surface area contributed by atoms with Crippen LogP contribution in [0.25, 0.3) is 0 Å². The molecular formula is C19H29NO. The van der Waals surface area contributed by atoms with Crippen molar-refractivity contribution < 1.29 is 4.74 Å². The molecule has 1 aliphatic carbocycles. The molecule has 0 radical (unpaired) electrons. The number of ether oxygens (including phenoxy) is 1. The van der Waals surface area contributed by atoms with Crippen molar-refractivity contribution in [2.45, 2.75) is 76.4 Å². The molecule has 3 rings (SSSR count). The summed E-state index contributed by atoms with van der Waals surface area (Å²) in [4.78, 5) is 0. The molecule has 1 heterocycles. The molecule has 1 aliphatic heterocycles. The Bertz CT molecular complexity index is 433. The van der Waals surface area contributed by atoms with Gasteiger partial charge >= 0.3 is 0 Å². The molecule has 1 unspecified atom stereocenters. The van der Waals surface area contributed by atoms with Gasteiger partial charge in [-0.15, -0.1) is 0 Å². The normalized spacial score (nSPS) is 24.3. The van der Waals surface area contributed by atoms with Crippen molar-refractivity contribution in [2.24, 2.45) is 0 Å². The Balaban J connectivity index is 1.55. The molecule has 1 atom stereocenters. The van der Waals surface area contributed by atoms with Crippen LogP contribution >= 0.6 is 0 Å². The highest BCUT2D eigenvalue weighted by atomic mass is 16.5. The van der Waals surface area contributed by atoms with Gasteiger partial charge in [-0.3, -0.25) is 0 Å². The zero-order chi connectivity index (χ0) is 14.5. The highest BCUT2D eigenvalue weighted by Crippen LogP contribution is 2.40. The van der Waals surface area contributed by atoms with Crippen molar-refractivity contribution in [3.8, 4) is 0 Å². The van der Waals surface area contributed by atoms with Gasteiger partial charge in [-0.2, -0.15) is 0 Å². The topological polar surface area (TPSA) is 21.3 Å². The highest BCUT2D eigenvalue weighted by molar-refractivity contribution is 5.45. The third-order valence-corrected chi connectivity index (χ3v) is 5.15.